The molecule has 0 radical (unpaired) electrons. The quantitative estimate of drug-likeness (QED) is 0.532. The van der Waals surface area contributed by atoms with Crippen molar-refractivity contribution in [3.8, 4) is 6.19 Å². The van der Waals surface area contributed by atoms with Crippen LogP contribution in [0.3, 0.4) is 0 Å². The van der Waals surface area contributed by atoms with E-state index in [1.54, 1.807) is 6.19 Å². The van der Waals surface area contributed by atoms with Crippen LogP contribution in [0.4, 0.5) is 22.0 Å². The summed E-state index contributed by atoms with van der Waals surface area (Å²) in [7, 11) is 0. The Labute approximate surface area is 97.0 Å². The Bertz CT molecular complexity index is 281. The lowest BCUT2D eigenvalue weighted by Crippen LogP contribution is -2.47. The molecule has 1 aliphatic heterocycles. The van der Waals surface area contributed by atoms with Gasteiger partial charge in [-0.2, -0.15) is 27.2 Å². The lowest BCUT2D eigenvalue weighted by Gasteiger charge is -2.29. The van der Waals surface area contributed by atoms with Gasteiger partial charge < -0.3 is 4.90 Å². The topological polar surface area (TPSA) is 27.0 Å². The van der Waals surface area contributed by atoms with E-state index >= 15 is 0 Å². The number of nitriles is 1. The molecule has 2 atom stereocenters. The second-order valence-corrected chi connectivity index (χ2v) is 3.55. The zero-order chi connectivity index (χ0) is 13.9. The molecule has 100 valence electrons. The highest BCUT2D eigenvalue weighted by Gasteiger charge is 2.64. The first kappa shape index (κ1) is 15.9. The highest BCUT2D eigenvalue weighted by Crippen LogP contribution is 2.46. The minimum atomic E-state index is -5.54. The van der Waals surface area contributed by atoms with E-state index in [1.807, 2.05) is 13.8 Å². The molecule has 2 nitrogen and oxygen atoms in total. The molecule has 1 saturated heterocycles. The zero-order valence-corrected chi connectivity index (χ0v) is 9.85. The second kappa shape index (κ2) is 5.52. The predicted octanol–water partition coefficient (Wildman–Crippen LogP) is 3.40. The Morgan fingerprint density at radius 1 is 1.18 bits per heavy atom. The van der Waals surface area contributed by atoms with Crippen LogP contribution < -0.4 is 0 Å². The molecule has 0 spiro atoms. The number of hydrogen-bond acceptors (Lipinski definition) is 2. The van der Waals surface area contributed by atoms with Gasteiger partial charge in [0.1, 0.15) is 0 Å². The molecule has 0 saturated carbocycles. The maximum atomic E-state index is 12.9. The fraction of sp³-hybridized carbons (Fsp3) is 0.900. The van der Waals surface area contributed by atoms with Crippen LogP contribution in [0.15, 0.2) is 0 Å². The first-order valence-corrected chi connectivity index (χ1v) is 5.32. The highest BCUT2D eigenvalue weighted by molar-refractivity contribution is 4.99. The number of rotatable bonds is 1. The van der Waals surface area contributed by atoms with Crippen LogP contribution >= 0.6 is 0 Å². The molecule has 1 fully saturated rings. The summed E-state index contributed by atoms with van der Waals surface area (Å²) in [6.07, 6.45) is -4.26. The minimum absolute atomic E-state index is 0.0476. The van der Waals surface area contributed by atoms with E-state index < -0.39 is 24.1 Å². The van der Waals surface area contributed by atoms with Crippen molar-refractivity contribution >= 4 is 0 Å². The van der Waals surface area contributed by atoms with Crippen LogP contribution in [0.2, 0.25) is 0 Å². The number of alkyl halides is 5. The first-order chi connectivity index (χ1) is 7.71. The van der Waals surface area contributed by atoms with Crippen molar-refractivity contribution in [1.82, 2.24) is 4.90 Å². The molecular formula is C10H15F5N2. The number of nitrogens with zero attached hydrogens (tertiary/aromatic N) is 2. The monoisotopic (exact) mass is 258 g/mol. The lowest BCUT2D eigenvalue weighted by molar-refractivity contribution is -0.303. The molecule has 1 rings (SSSR count). The molecule has 0 aromatic heterocycles. The Balaban J connectivity index is 0.00000121. The van der Waals surface area contributed by atoms with Crippen LogP contribution in [0.5, 0.6) is 0 Å². The molecule has 2 unspecified atom stereocenters. The van der Waals surface area contributed by atoms with Crippen LogP contribution in [0.1, 0.15) is 27.2 Å². The largest absolute Gasteiger partial charge is 0.453 e. The molecule has 0 N–H and O–H groups in total. The van der Waals surface area contributed by atoms with E-state index in [4.69, 9.17) is 5.26 Å². The van der Waals surface area contributed by atoms with Gasteiger partial charge in [0.05, 0.1) is 5.92 Å². The molecule has 1 heterocycles. The van der Waals surface area contributed by atoms with Gasteiger partial charge >= 0.3 is 12.1 Å². The van der Waals surface area contributed by atoms with E-state index in [2.05, 4.69) is 0 Å². The second-order valence-electron chi connectivity index (χ2n) is 3.55. The lowest BCUT2D eigenvalue weighted by atomic mass is 9.93. The van der Waals surface area contributed by atoms with E-state index in [9.17, 15) is 22.0 Å². The summed E-state index contributed by atoms with van der Waals surface area (Å²) in [6, 6.07) is -1.08. The average molecular weight is 258 g/mol. The molecular weight excluding hydrogens is 243 g/mol. The standard InChI is InChI=1S/C8H9F5N2.C2H6/c1-5-6(2-3-15(5)4-14)7(9,10)8(11,12)13;1-2/h5-6H,2-3H2,1H3;1-2H3. The van der Waals surface area contributed by atoms with Gasteiger partial charge in [0.25, 0.3) is 0 Å². The van der Waals surface area contributed by atoms with Gasteiger partial charge in [0.2, 0.25) is 0 Å². The van der Waals surface area contributed by atoms with Crippen molar-refractivity contribution in [2.45, 2.75) is 45.3 Å². The molecule has 0 aromatic rings. The van der Waals surface area contributed by atoms with Crippen LogP contribution in [0, 0.1) is 17.4 Å². The Kier molecular flexibility index (Phi) is 5.17. The van der Waals surface area contributed by atoms with Crippen molar-refractivity contribution in [3.05, 3.63) is 0 Å². The van der Waals surface area contributed by atoms with Crippen molar-refractivity contribution in [2.24, 2.45) is 5.92 Å². The number of hydrogen-bond donors (Lipinski definition) is 0. The van der Waals surface area contributed by atoms with E-state index in [1.165, 1.54) is 6.92 Å². The molecule has 7 heteroatoms. The van der Waals surface area contributed by atoms with Gasteiger partial charge in [-0.3, -0.25) is 0 Å². The van der Waals surface area contributed by atoms with E-state index in [0.29, 0.717) is 0 Å². The Morgan fingerprint density at radius 3 is 1.94 bits per heavy atom. The summed E-state index contributed by atoms with van der Waals surface area (Å²) in [5.41, 5.74) is 0. The molecule has 1 aliphatic rings. The number of halogens is 5. The Hall–Kier alpha value is -1.06. The predicted molar refractivity (Wildman–Crippen MR) is 52.2 cm³/mol. The fourth-order valence-corrected chi connectivity index (χ4v) is 1.78. The molecule has 0 amide bonds. The van der Waals surface area contributed by atoms with Crippen molar-refractivity contribution < 1.29 is 22.0 Å². The first-order valence-electron chi connectivity index (χ1n) is 5.32. The third-order valence-corrected chi connectivity index (χ3v) is 2.73. The van der Waals surface area contributed by atoms with Gasteiger partial charge in [0.15, 0.2) is 6.19 Å². The Morgan fingerprint density at radius 2 is 1.65 bits per heavy atom. The fourth-order valence-electron chi connectivity index (χ4n) is 1.78. The average Bonchev–Trinajstić information content (AvgIpc) is 2.61. The van der Waals surface area contributed by atoms with Crippen molar-refractivity contribution in [2.75, 3.05) is 6.54 Å². The van der Waals surface area contributed by atoms with Crippen LogP contribution in [-0.4, -0.2) is 29.6 Å². The van der Waals surface area contributed by atoms with Crippen LogP contribution in [-0.2, 0) is 0 Å². The zero-order valence-electron chi connectivity index (χ0n) is 9.85. The summed E-state index contributed by atoms with van der Waals surface area (Å²) in [5.74, 6) is -6.56. The van der Waals surface area contributed by atoms with Crippen LogP contribution in [0.25, 0.3) is 0 Å². The van der Waals surface area contributed by atoms with Crippen molar-refractivity contribution in [1.29, 1.82) is 5.26 Å². The van der Waals surface area contributed by atoms with Gasteiger partial charge in [-0.15, -0.1) is 0 Å². The third-order valence-electron chi connectivity index (χ3n) is 2.73. The van der Waals surface area contributed by atoms with Gasteiger partial charge in [0, 0.05) is 12.6 Å². The summed E-state index contributed by atoms with van der Waals surface area (Å²) in [4.78, 5) is 0.949. The smallest absolute Gasteiger partial charge is 0.307 e. The SMILES string of the molecule is CC.CC1C(C(F)(F)C(F)(F)F)CCN1C#N. The number of likely N-dealkylation sites (tertiary alicyclic amines) is 1. The summed E-state index contributed by atoms with van der Waals surface area (Å²) in [6.45, 7) is 5.16. The summed E-state index contributed by atoms with van der Waals surface area (Å²) >= 11 is 0. The van der Waals surface area contributed by atoms with E-state index in [0.717, 1.165) is 4.90 Å². The van der Waals surface area contributed by atoms with E-state index in [-0.39, 0.29) is 13.0 Å². The maximum absolute atomic E-state index is 12.9. The molecule has 0 aromatic carbocycles. The minimum Gasteiger partial charge on any atom is -0.307 e. The normalized spacial score (nSPS) is 25.0. The summed E-state index contributed by atoms with van der Waals surface area (Å²) in [5, 5.41) is 8.47. The van der Waals surface area contributed by atoms with Gasteiger partial charge in [-0.05, 0) is 13.3 Å². The highest BCUT2D eigenvalue weighted by atomic mass is 19.4. The van der Waals surface area contributed by atoms with Gasteiger partial charge in [-0.1, -0.05) is 13.8 Å². The summed E-state index contributed by atoms with van der Waals surface area (Å²) < 4.78 is 62.0. The molecule has 0 bridgehead atoms. The third kappa shape index (κ3) is 2.99. The molecule has 0 aliphatic carbocycles. The maximum Gasteiger partial charge on any atom is 0.453 e. The van der Waals surface area contributed by atoms with Crippen molar-refractivity contribution in [3.63, 3.8) is 0 Å². The molecule has 17 heavy (non-hydrogen) atoms. The van der Waals surface area contributed by atoms with Gasteiger partial charge in [-0.25, -0.2) is 0 Å².